The summed E-state index contributed by atoms with van der Waals surface area (Å²) in [4.78, 5) is 28.0. The molecule has 2 amide bonds. The van der Waals surface area contributed by atoms with E-state index in [9.17, 15) is 9.59 Å². The van der Waals surface area contributed by atoms with Crippen molar-refractivity contribution >= 4 is 11.8 Å². The predicted molar refractivity (Wildman–Crippen MR) is 148 cm³/mol. The molecule has 0 aliphatic heterocycles. The number of amides is 2. The van der Waals surface area contributed by atoms with Crippen LogP contribution in [0.4, 0.5) is 4.79 Å². The van der Waals surface area contributed by atoms with Crippen molar-refractivity contribution in [3.63, 3.8) is 0 Å². The lowest BCUT2D eigenvalue weighted by molar-refractivity contribution is 0.0185. The fourth-order valence-electron chi connectivity index (χ4n) is 5.70. The summed E-state index contributed by atoms with van der Waals surface area (Å²) in [5, 5.41) is 3.22. The molecule has 2 aliphatic rings. The molecule has 0 radical (unpaired) electrons. The highest BCUT2D eigenvalue weighted by molar-refractivity contribution is 5.99. The second kappa shape index (κ2) is 12.7. The second-order valence-corrected chi connectivity index (χ2v) is 10.5. The molecule has 206 valence electrons. The van der Waals surface area contributed by atoms with Crippen LogP contribution in [0.25, 0.3) is 0 Å². The van der Waals surface area contributed by atoms with E-state index in [-0.39, 0.29) is 30.0 Å². The number of methoxy groups -OCH3 is 1. The van der Waals surface area contributed by atoms with E-state index in [1.54, 1.807) is 7.11 Å². The molecule has 2 aromatic carbocycles. The van der Waals surface area contributed by atoms with Gasteiger partial charge in [-0.25, -0.2) is 4.79 Å². The normalized spacial score (nSPS) is 19.3. The highest BCUT2D eigenvalue weighted by Crippen LogP contribution is 2.36. The Morgan fingerprint density at radius 3 is 2.11 bits per heavy atom. The van der Waals surface area contributed by atoms with E-state index in [0.717, 1.165) is 37.7 Å². The van der Waals surface area contributed by atoms with Gasteiger partial charge in [0.1, 0.15) is 17.1 Å². The maximum Gasteiger partial charge on any atom is 0.318 e. The van der Waals surface area contributed by atoms with Crippen LogP contribution in [-0.2, 0) is 17.6 Å². The number of Topliss-reactive ketones (excluding diaryl/α,β-unsaturated/α-hetero) is 1. The van der Waals surface area contributed by atoms with Crippen LogP contribution in [0.3, 0.4) is 0 Å². The zero-order chi connectivity index (χ0) is 27.2. The van der Waals surface area contributed by atoms with Gasteiger partial charge in [0, 0.05) is 19.7 Å². The summed E-state index contributed by atoms with van der Waals surface area (Å²) < 4.78 is 17.2. The molecule has 4 rings (SSSR count). The van der Waals surface area contributed by atoms with E-state index in [2.05, 4.69) is 29.6 Å². The molecule has 1 atom stereocenters. The largest absolute Gasteiger partial charge is 0.493 e. The average Bonchev–Trinajstić information content (AvgIpc) is 3.29. The molecule has 2 aromatic rings. The van der Waals surface area contributed by atoms with Crippen LogP contribution in [0, 0.1) is 5.92 Å². The molecule has 0 unspecified atom stereocenters. The van der Waals surface area contributed by atoms with Crippen LogP contribution in [0.1, 0.15) is 80.0 Å². The van der Waals surface area contributed by atoms with Crippen LogP contribution in [0.5, 0.6) is 11.5 Å². The third-order valence-corrected chi connectivity index (χ3v) is 7.92. The van der Waals surface area contributed by atoms with Gasteiger partial charge in [-0.1, -0.05) is 24.3 Å². The van der Waals surface area contributed by atoms with Crippen molar-refractivity contribution in [3.05, 3.63) is 58.7 Å². The topological polar surface area (TPSA) is 77.1 Å². The first-order valence-electron chi connectivity index (χ1n) is 14.0. The number of carbonyl (C=O) groups excluding carboxylic acids is 2. The maximum atomic E-state index is 13.6. The molecule has 2 aliphatic carbocycles. The van der Waals surface area contributed by atoms with Gasteiger partial charge in [0.25, 0.3) is 0 Å². The Morgan fingerprint density at radius 1 is 1.03 bits per heavy atom. The Balaban J connectivity index is 1.57. The number of nitrogens with zero attached hydrogens (tertiary/aromatic N) is 1. The van der Waals surface area contributed by atoms with Crippen molar-refractivity contribution in [3.8, 4) is 11.5 Å². The van der Waals surface area contributed by atoms with Gasteiger partial charge in [0.05, 0.1) is 25.4 Å². The Morgan fingerprint density at radius 2 is 1.61 bits per heavy atom. The summed E-state index contributed by atoms with van der Waals surface area (Å²) in [6.07, 6.45) is 4.89. The van der Waals surface area contributed by atoms with Gasteiger partial charge in [0.15, 0.2) is 5.78 Å². The SMILES string of the molecule is CCOc1cc([C@@H](C)N(CCC2Cc3ccccc3C2)C(=O)NC2CC(OC)C2)cc(OCC)c1C(C)=O. The first kappa shape index (κ1) is 28.0. The highest BCUT2D eigenvalue weighted by atomic mass is 16.5. The number of benzene rings is 2. The smallest absolute Gasteiger partial charge is 0.318 e. The molecule has 0 spiro atoms. The van der Waals surface area contributed by atoms with E-state index < -0.39 is 0 Å². The quantitative estimate of drug-likeness (QED) is 0.360. The van der Waals surface area contributed by atoms with Crippen LogP contribution in [0.15, 0.2) is 36.4 Å². The fourth-order valence-corrected chi connectivity index (χ4v) is 5.70. The van der Waals surface area contributed by atoms with E-state index in [1.165, 1.54) is 18.1 Å². The molecule has 0 saturated heterocycles. The average molecular weight is 523 g/mol. The maximum absolute atomic E-state index is 13.6. The molecular weight excluding hydrogens is 480 g/mol. The van der Waals surface area contributed by atoms with E-state index in [1.807, 2.05) is 37.8 Å². The lowest BCUT2D eigenvalue weighted by Crippen LogP contribution is -2.52. The number of nitrogens with one attached hydrogen (secondary N) is 1. The van der Waals surface area contributed by atoms with Gasteiger partial charge >= 0.3 is 6.03 Å². The van der Waals surface area contributed by atoms with E-state index >= 15 is 0 Å². The summed E-state index contributed by atoms with van der Waals surface area (Å²) in [5.41, 5.74) is 4.17. The van der Waals surface area contributed by atoms with Crippen molar-refractivity contribution < 1.29 is 23.8 Å². The number of ether oxygens (including phenoxy) is 3. The van der Waals surface area contributed by atoms with Crippen LogP contribution in [-0.4, -0.2) is 55.7 Å². The number of hydrogen-bond acceptors (Lipinski definition) is 5. The number of urea groups is 1. The molecule has 0 heterocycles. The summed E-state index contributed by atoms with van der Waals surface area (Å²) in [6.45, 7) is 8.84. The standard InChI is InChI=1S/C31H42N2O5/c1-6-37-28-16-25(17-29(38-7-2)30(28)21(4)34)20(3)33(31(35)32-26-18-27(19-26)36-5)13-12-22-14-23-10-8-9-11-24(23)15-22/h8-11,16-17,20,22,26-27H,6-7,12-15,18-19H2,1-5H3,(H,32,35)/t20-,26?,27?/m1/s1. The van der Waals surface area contributed by atoms with Crippen molar-refractivity contribution in [2.75, 3.05) is 26.9 Å². The van der Waals surface area contributed by atoms with E-state index in [0.29, 0.717) is 42.7 Å². The van der Waals surface area contributed by atoms with Crippen molar-refractivity contribution in [1.29, 1.82) is 0 Å². The molecule has 1 saturated carbocycles. The Labute approximate surface area is 226 Å². The number of fused-ring (bicyclic) bond motifs is 1. The van der Waals surface area contributed by atoms with Crippen molar-refractivity contribution in [2.24, 2.45) is 5.92 Å². The van der Waals surface area contributed by atoms with Gasteiger partial charge in [-0.15, -0.1) is 0 Å². The molecule has 1 fully saturated rings. The first-order chi connectivity index (χ1) is 18.3. The lowest BCUT2D eigenvalue weighted by Gasteiger charge is -2.38. The minimum atomic E-state index is -0.239. The Hall–Kier alpha value is -3.06. The number of ketones is 1. The Bertz CT molecular complexity index is 1070. The summed E-state index contributed by atoms with van der Waals surface area (Å²) in [6, 6.07) is 12.2. The molecule has 38 heavy (non-hydrogen) atoms. The summed E-state index contributed by atoms with van der Waals surface area (Å²) in [5.74, 6) is 1.40. The zero-order valence-electron chi connectivity index (χ0n) is 23.4. The summed E-state index contributed by atoms with van der Waals surface area (Å²) >= 11 is 0. The molecule has 0 aromatic heterocycles. The zero-order valence-corrected chi connectivity index (χ0v) is 23.4. The second-order valence-electron chi connectivity index (χ2n) is 10.5. The predicted octanol–water partition coefficient (Wildman–Crippen LogP) is 5.74. The minimum absolute atomic E-state index is 0.0703. The minimum Gasteiger partial charge on any atom is -0.493 e. The highest BCUT2D eigenvalue weighted by Gasteiger charge is 2.33. The third-order valence-electron chi connectivity index (χ3n) is 7.92. The van der Waals surface area contributed by atoms with Gasteiger partial charge < -0.3 is 24.4 Å². The monoisotopic (exact) mass is 522 g/mol. The van der Waals surface area contributed by atoms with Gasteiger partial charge in [-0.05, 0) is 94.5 Å². The van der Waals surface area contributed by atoms with Gasteiger partial charge in [-0.2, -0.15) is 0 Å². The number of hydrogen-bond donors (Lipinski definition) is 1. The van der Waals surface area contributed by atoms with Crippen LogP contribution >= 0.6 is 0 Å². The molecule has 1 N–H and O–H groups in total. The van der Waals surface area contributed by atoms with Crippen molar-refractivity contribution in [1.82, 2.24) is 10.2 Å². The van der Waals surface area contributed by atoms with Crippen molar-refractivity contribution in [2.45, 2.75) is 78.0 Å². The molecular formula is C31H42N2O5. The van der Waals surface area contributed by atoms with Gasteiger partial charge in [-0.3, -0.25) is 4.79 Å². The Kier molecular flexibility index (Phi) is 9.31. The lowest BCUT2D eigenvalue weighted by atomic mass is 9.89. The molecule has 0 bridgehead atoms. The third kappa shape index (κ3) is 6.32. The molecule has 7 nitrogen and oxygen atoms in total. The fraction of sp³-hybridized carbons (Fsp3) is 0.548. The summed E-state index contributed by atoms with van der Waals surface area (Å²) in [7, 11) is 1.72. The number of rotatable bonds is 12. The van der Waals surface area contributed by atoms with Crippen LogP contribution < -0.4 is 14.8 Å². The van der Waals surface area contributed by atoms with Crippen LogP contribution in [0.2, 0.25) is 0 Å². The number of carbonyl (C=O) groups is 2. The van der Waals surface area contributed by atoms with E-state index in [4.69, 9.17) is 14.2 Å². The van der Waals surface area contributed by atoms with Gasteiger partial charge in [0.2, 0.25) is 0 Å². The molecule has 7 heteroatoms. The first-order valence-corrected chi connectivity index (χ1v) is 14.0.